The monoisotopic (exact) mass is 321 g/mol. The molecule has 130 valence electrons. The van der Waals surface area contributed by atoms with Crippen molar-refractivity contribution in [2.75, 3.05) is 27.2 Å². The summed E-state index contributed by atoms with van der Waals surface area (Å²) in [4.78, 5) is 11.2. The summed E-state index contributed by atoms with van der Waals surface area (Å²) in [5.74, 6) is 1.28. The smallest absolute Gasteiger partial charge is 0.225 e. The summed E-state index contributed by atoms with van der Waals surface area (Å²) in [5.41, 5.74) is 5.46. The summed E-state index contributed by atoms with van der Waals surface area (Å²) in [6.07, 6.45) is 6.85. The van der Waals surface area contributed by atoms with Gasteiger partial charge >= 0.3 is 0 Å². The number of hydrogen-bond donors (Lipinski definition) is 4. The van der Waals surface area contributed by atoms with Gasteiger partial charge in [-0.25, -0.2) is 9.98 Å². The molecule has 1 heterocycles. The van der Waals surface area contributed by atoms with Crippen LogP contribution in [0.15, 0.2) is 22.4 Å². The summed E-state index contributed by atoms with van der Waals surface area (Å²) in [6.45, 7) is 6.18. The van der Waals surface area contributed by atoms with Crippen LogP contribution < -0.4 is 21.7 Å². The molecule has 0 radical (unpaired) electrons. The number of likely N-dealkylation sites (tertiary alicyclic amines) is 1. The molecule has 0 bridgehead atoms. The maximum atomic E-state index is 5.46. The fourth-order valence-corrected chi connectivity index (χ4v) is 3.31. The summed E-state index contributed by atoms with van der Waals surface area (Å²) < 4.78 is 0. The van der Waals surface area contributed by atoms with Gasteiger partial charge in [-0.05, 0) is 52.7 Å². The molecule has 2 rings (SSSR count). The first kappa shape index (κ1) is 17.7. The Labute approximate surface area is 139 Å². The summed E-state index contributed by atoms with van der Waals surface area (Å²) in [6, 6.07) is 1.34. The first-order valence-electron chi connectivity index (χ1n) is 8.51. The standard InChI is InChI=1S/C16H31N7/c1-12(20-15-8-9-23(3)10-15)21-16(19-11-17)22-14-6-4-13(18-2)5-7-14/h11,13-15,18,20H,1,4-10H2,2-3H3,(H3,17,19,21,22)/t13?,14?,15-/m1/s1. The molecule has 0 unspecified atom stereocenters. The molecule has 23 heavy (non-hydrogen) atoms. The van der Waals surface area contributed by atoms with E-state index in [1.165, 1.54) is 6.34 Å². The van der Waals surface area contributed by atoms with Gasteiger partial charge in [0.15, 0.2) is 0 Å². The molecule has 2 fully saturated rings. The van der Waals surface area contributed by atoms with Gasteiger partial charge in [0.25, 0.3) is 0 Å². The second-order valence-corrected chi connectivity index (χ2v) is 6.52. The Morgan fingerprint density at radius 1 is 1.22 bits per heavy atom. The van der Waals surface area contributed by atoms with E-state index in [0.717, 1.165) is 51.0 Å². The van der Waals surface area contributed by atoms with Crippen LogP contribution in [0.4, 0.5) is 0 Å². The Morgan fingerprint density at radius 2 is 1.96 bits per heavy atom. The minimum Gasteiger partial charge on any atom is -0.390 e. The van der Waals surface area contributed by atoms with Crippen LogP contribution in [0.1, 0.15) is 32.1 Å². The van der Waals surface area contributed by atoms with E-state index in [1.54, 1.807) is 0 Å². The molecule has 5 N–H and O–H groups in total. The number of likely N-dealkylation sites (N-methyl/N-ethyl adjacent to an activating group) is 1. The van der Waals surface area contributed by atoms with Crippen LogP contribution in [0.5, 0.6) is 0 Å². The molecule has 2 aliphatic rings. The highest BCUT2D eigenvalue weighted by molar-refractivity contribution is 5.88. The van der Waals surface area contributed by atoms with Crippen LogP contribution in [0, 0.1) is 0 Å². The van der Waals surface area contributed by atoms with Crippen molar-refractivity contribution in [3.05, 3.63) is 12.4 Å². The minimum atomic E-state index is 0.302. The van der Waals surface area contributed by atoms with Crippen molar-refractivity contribution >= 4 is 12.3 Å². The van der Waals surface area contributed by atoms with E-state index >= 15 is 0 Å². The fraction of sp³-hybridized carbons (Fsp3) is 0.750. The van der Waals surface area contributed by atoms with Gasteiger partial charge in [0.2, 0.25) is 5.96 Å². The molecule has 0 aromatic rings. The van der Waals surface area contributed by atoms with Crippen LogP contribution >= 0.6 is 0 Å². The van der Waals surface area contributed by atoms with Gasteiger partial charge in [-0.1, -0.05) is 6.58 Å². The normalized spacial score (nSPS) is 29.8. The van der Waals surface area contributed by atoms with Crippen molar-refractivity contribution in [3.8, 4) is 0 Å². The van der Waals surface area contributed by atoms with E-state index in [2.05, 4.69) is 39.5 Å². The van der Waals surface area contributed by atoms with E-state index in [-0.39, 0.29) is 0 Å². The number of nitrogens with two attached hydrogens (primary N) is 1. The number of nitrogens with one attached hydrogen (secondary N) is 3. The maximum absolute atomic E-state index is 5.46. The van der Waals surface area contributed by atoms with E-state index in [9.17, 15) is 0 Å². The van der Waals surface area contributed by atoms with Crippen molar-refractivity contribution in [2.45, 2.75) is 50.2 Å². The van der Waals surface area contributed by atoms with E-state index < -0.39 is 0 Å². The molecule has 1 aliphatic carbocycles. The first-order valence-corrected chi connectivity index (χ1v) is 8.51. The van der Waals surface area contributed by atoms with Crippen LogP contribution in [0.25, 0.3) is 0 Å². The van der Waals surface area contributed by atoms with Gasteiger partial charge in [0.05, 0.1) is 18.2 Å². The predicted octanol–water partition coefficient (Wildman–Crippen LogP) is 0.215. The molecular formula is C16H31N7. The molecule has 0 spiro atoms. The zero-order chi connectivity index (χ0) is 16.7. The first-order chi connectivity index (χ1) is 11.1. The third-order valence-corrected chi connectivity index (χ3v) is 4.64. The Morgan fingerprint density at radius 3 is 2.52 bits per heavy atom. The zero-order valence-electron chi connectivity index (χ0n) is 14.4. The number of aliphatic imine (C=N–C) groups is 2. The second-order valence-electron chi connectivity index (χ2n) is 6.52. The number of nitrogens with zero attached hydrogens (tertiary/aromatic N) is 3. The summed E-state index contributed by atoms with van der Waals surface area (Å²) in [7, 11) is 4.15. The lowest BCUT2D eigenvalue weighted by atomic mass is 9.92. The molecule has 1 atom stereocenters. The molecule has 0 aromatic carbocycles. The van der Waals surface area contributed by atoms with Gasteiger partial charge in [-0.2, -0.15) is 0 Å². The fourth-order valence-electron chi connectivity index (χ4n) is 3.31. The summed E-state index contributed by atoms with van der Waals surface area (Å²) >= 11 is 0. The minimum absolute atomic E-state index is 0.302. The van der Waals surface area contributed by atoms with Gasteiger partial charge in [0.1, 0.15) is 0 Å². The molecule has 1 saturated heterocycles. The Hall–Kier alpha value is -1.60. The maximum Gasteiger partial charge on any atom is 0.225 e. The SMILES string of the molecule is C=C(NC(N=CN)=NC1CCC(NC)CC1)N[C@@H]1CCN(C)C1. The average molecular weight is 321 g/mol. The van der Waals surface area contributed by atoms with Crippen LogP contribution in [0.2, 0.25) is 0 Å². The largest absolute Gasteiger partial charge is 0.390 e. The second kappa shape index (κ2) is 8.88. The van der Waals surface area contributed by atoms with Crippen molar-refractivity contribution in [2.24, 2.45) is 15.7 Å². The average Bonchev–Trinajstić information content (AvgIpc) is 2.93. The van der Waals surface area contributed by atoms with Crippen molar-refractivity contribution in [3.63, 3.8) is 0 Å². The van der Waals surface area contributed by atoms with Crippen LogP contribution in [-0.4, -0.2) is 62.5 Å². The summed E-state index contributed by atoms with van der Waals surface area (Å²) in [5, 5.41) is 9.90. The third kappa shape index (κ3) is 5.84. The zero-order valence-corrected chi connectivity index (χ0v) is 14.4. The molecule has 7 heteroatoms. The van der Waals surface area contributed by atoms with Gasteiger partial charge in [-0.15, -0.1) is 0 Å². The van der Waals surface area contributed by atoms with Crippen molar-refractivity contribution in [1.29, 1.82) is 0 Å². The van der Waals surface area contributed by atoms with Crippen LogP contribution in [-0.2, 0) is 0 Å². The third-order valence-electron chi connectivity index (χ3n) is 4.64. The molecule has 1 saturated carbocycles. The van der Waals surface area contributed by atoms with Gasteiger partial charge in [0, 0.05) is 18.6 Å². The highest BCUT2D eigenvalue weighted by atomic mass is 15.2. The van der Waals surface area contributed by atoms with Crippen molar-refractivity contribution in [1.82, 2.24) is 20.9 Å². The highest BCUT2D eigenvalue weighted by Crippen LogP contribution is 2.21. The number of hydrogen-bond acceptors (Lipinski definition) is 4. The quantitative estimate of drug-likeness (QED) is 0.429. The van der Waals surface area contributed by atoms with Gasteiger partial charge in [-0.3, -0.25) is 0 Å². The van der Waals surface area contributed by atoms with E-state index in [1.807, 2.05) is 7.05 Å². The predicted molar refractivity (Wildman–Crippen MR) is 96.5 cm³/mol. The number of rotatable bonds is 5. The molecule has 0 aromatic heterocycles. The molecule has 0 amide bonds. The topological polar surface area (TPSA) is 90.1 Å². The molecular weight excluding hydrogens is 290 g/mol. The number of guanidine groups is 1. The highest BCUT2D eigenvalue weighted by Gasteiger charge is 2.21. The van der Waals surface area contributed by atoms with Crippen LogP contribution in [0.3, 0.4) is 0 Å². The lowest BCUT2D eigenvalue weighted by molar-refractivity contribution is 0.359. The lowest BCUT2D eigenvalue weighted by Gasteiger charge is -2.26. The Bertz CT molecular complexity index is 438. The lowest BCUT2D eigenvalue weighted by Crippen LogP contribution is -2.38. The van der Waals surface area contributed by atoms with E-state index in [4.69, 9.17) is 10.7 Å². The molecule has 1 aliphatic heterocycles. The van der Waals surface area contributed by atoms with Gasteiger partial charge < -0.3 is 26.6 Å². The van der Waals surface area contributed by atoms with Crippen molar-refractivity contribution < 1.29 is 0 Å². The Balaban J connectivity index is 1.85. The molecule has 7 nitrogen and oxygen atoms in total. The van der Waals surface area contributed by atoms with E-state index in [0.29, 0.717) is 24.1 Å². The Kier molecular flexibility index (Phi) is 6.85.